The summed E-state index contributed by atoms with van der Waals surface area (Å²) in [5, 5.41) is 2.71. The lowest BCUT2D eigenvalue weighted by atomic mass is 10.1. The molecule has 0 bridgehead atoms. The van der Waals surface area contributed by atoms with E-state index in [-0.39, 0.29) is 12.3 Å². The molecule has 1 amide bonds. The van der Waals surface area contributed by atoms with Crippen molar-refractivity contribution in [2.45, 2.75) is 39.2 Å². The summed E-state index contributed by atoms with van der Waals surface area (Å²) in [4.78, 5) is 14.2. The van der Waals surface area contributed by atoms with E-state index in [4.69, 9.17) is 4.74 Å². The summed E-state index contributed by atoms with van der Waals surface area (Å²) < 4.78 is 44.0. The molecule has 0 saturated heterocycles. The van der Waals surface area contributed by atoms with E-state index in [1.165, 1.54) is 18.2 Å². The average Bonchev–Trinajstić information content (AvgIpc) is 2.65. The standard InChI is InChI=1S/C21H25F3N2O2/c1-15(2)26(3)13-17-9-5-4-8-16(17)12-25-20(27)14-28-19-11-7-6-10-18(19)21(22,23)24/h4-11,15H,12-14H2,1-3H3,(H,25,27). The van der Waals surface area contributed by atoms with Crippen LogP contribution < -0.4 is 10.1 Å². The highest BCUT2D eigenvalue weighted by atomic mass is 19.4. The molecule has 1 N–H and O–H groups in total. The number of rotatable bonds is 8. The SMILES string of the molecule is CC(C)N(C)Cc1ccccc1CNC(=O)COc1ccccc1C(F)(F)F. The molecule has 152 valence electrons. The average molecular weight is 394 g/mol. The van der Waals surface area contributed by atoms with Gasteiger partial charge in [-0.15, -0.1) is 0 Å². The monoisotopic (exact) mass is 394 g/mol. The number of halogens is 3. The fourth-order valence-corrected chi connectivity index (χ4v) is 2.55. The third-order valence-corrected chi connectivity index (χ3v) is 4.45. The predicted molar refractivity (Wildman–Crippen MR) is 102 cm³/mol. The number of carbonyl (C=O) groups excluding carboxylic acids is 1. The molecule has 7 heteroatoms. The first-order chi connectivity index (χ1) is 13.2. The molecule has 0 fully saturated rings. The van der Waals surface area contributed by atoms with Crippen molar-refractivity contribution in [1.82, 2.24) is 10.2 Å². The number of carbonyl (C=O) groups is 1. The molecule has 2 rings (SSSR count). The van der Waals surface area contributed by atoms with Gasteiger partial charge in [0, 0.05) is 19.1 Å². The molecular formula is C21H25F3N2O2. The van der Waals surface area contributed by atoms with Gasteiger partial charge >= 0.3 is 6.18 Å². The first kappa shape index (κ1) is 21.8. The van der Waals surface area contributed by atoms with E-state index < -0.39 is 24.3 Å². The molecule has 28 heavy (non-hydrogen) atoms. The largest absolute Gasteiger partial charge is 0.483 e. The van der Waals surface area contributed by atoms with Gasteiger partial charge in [-0.3, -0.25) is 9.69 Å². The van der Waals surface area contributed by atoms with Crippen molar-refractivity contribution >= 4 is 5.91 Å². The van der Waals surface area contributed by atoms with Gasteiger partial charge in [-0.25, -0.2) is 0 Å². The van der Waals surface area contributed by atoms with Crippen LogP contribution in [0.1, 0.15) is 30.5 Å². The summed E-state index contributed by atoms with van der Waals surface area (Å²) in [7, 11) is 2.02. The van der Waals surface area contributed by atoms with Gasteiger partial charge in [0.1, 0.15) is 5.75 Å². The Kier molecular flexibility index (Phi) is 7.45. The second kappa shape index (κ2) is 9.59. The van der Waals surface area contributed by atoms with Crippen LogP contribution in [0.25, 0.3) is 0 Å². The molecular weight excluding hydrogens is 369 g/mol. The maximum atomic E-state index is 13.0. The quantitative estimate of drug-likeness (QED) is 0.728. The Labute approximate surface area is 163 Å². The van der Waals surface area contributed by atoms with E-state index in [1.54, 1.807) is 0 Å². The van der Waals surface area contributed by atoms with Crippen LogP contribution in [0.2, 0.25) is 0 Å². The van der Waals surface area contributed by atoms with Crippen LogP contribution >= 0.6 is 0 Å². The van der Waals surface area contributed by atoms with Crippen molar-refractivity contribution in [1.29, 1.82) is 0 Å². The summed E-state index contributed by atoms with van der Waals surface area (Å²) in [5.74, 6) is -0.840. The smallest absolute Gasteiger partial charge is 0.419 e. The molecule has 0 unspecified atom stereocenters. The van der Waals surface area contributed by atoms with Crippen LogP contribution in [0.15, 0.2) is 48.5 Å². The highest BCUT2D eigenvalue weighted by Crippen LogP contribution is 2.35. The Morgan fingerprint density at radius 2 is 1.68 bits per heavy atom. The molecule has 0 heterocycles. The molecule has 0 aromatic heterocycles. The Morgan fingerprint density at radius 3 is 2.32 bits per heavy atom. The molecule has 0 aliphatic heterocycles. The van der Waals surface area contributed by atoms with Gasteiger partial charge in [0.25, 0.3) is 5.91 Å². The summed E-state index contributed by atoms with van der Waals surface area (Å²) in [6.45, 7) is 4.73. The first-order valence-electron chi connectivity index (χ1n) is 9.01. The number of nitrogens with zero attached hydrogens (tertiary/aromatic N) is 1. The van der Waals surface area contributed by atoms with Crippen molar-refractivity contribution in [3.05, 3.63) is 65.2 Å². The second-order valence-corrected chi connectivity index (χ2v) is 6.84. The number of amides is 1. The zero-order valence-corrected chi connectivity index (χ0v) is 16.2. The van der Waals surface area contributed by atoms with Gasteiger partial charge in [0.15, 0.2) is 6.61 Å². The zero-order chi connectivity index (χ0) is 20.7. The number of ether oxygens (including phenoxy) is 1. The molecule has 0 spiro atoms. The van der Waals surface area contributed by atoms with Crippen LogP contribution in [0, 0.1) is 0 Å². The van der Waals surface area contributed by atoms with E-state index in [9.17, 15) is 18.0 Å². The summed E-state index contributed by atoms with van der Waals surface area (Å²) in [5.41, 5.74) is 1.14. The van der Waals surface area contributed by atoms with Gasteiger partial charge < -0.3 is 10.1 Å². The minimum absolute atomic E-state index is 0.283. The summed E-state index contributed by atoms with van der Waals surface area (Å²) >= 11 is 0. The highest BCUT2D eigenvalue weighted by Gasteiger charge is 2.34. The molecule has 2 aromatic carbocycles. The molecule has 0 atom stereocenters. The molecule has 0 radical (unpaired) electrons. The van der Waals surface area contributed by atoms with Gasteiger partial charge in [0.05, 0.1) is 5.56 Å². The summed E-state index contributed by atoms with van der Waals surface area (Å²) in [6.07, 6.45) is -4.53. The number of hydrogen-bond acceptors (Lipinski definition) is 3. The molecule has 2 aromatic rings. The Hall–Kier alpha value is -2.54. The lowest BCUT2D eigenvalue weighted by Crippen LogP contribution is -2.30. The number of alkyl halides is 3. The van der Waals surface area contributed by atoms with Gasteiger partial charge in [-0.1, -0.05) is 36.4 Å². The number of para-hydroxylation sites is 1. The maximum absolute atomic E-state index is 13.0. The predicted octanol–water partition coefficient (Wildman–Crippen LogP) is 4.24. The van der Waals surface area contributed by atoms with Crippen molar-refractivity contribution in [2.24, 2.45) is 0 Å². The third-order valence-electron chi connectivity index (χ3n) is 4.45. The molecule has 0 aliphatic rings. The van der Waals surface area contributed by atoms with Crippen LogP contribution in [0.5, 0.6) is 5.75 Å². The van der Waals surface area contributed by atoms with E-state index >= 15 is 0 Å². The topological polar surface area (TPSA) is 41.6 Å². The van der Waals surface area contributed by atoms with Crippen molar-refractivity contribution < 1.29 is 22.7 Å². The van der Waals surface area contributed by atoms with Gasteiger partial charge in [0.2, 0.25) is 0 Å². The Balaban J connectivity index is 1.94. The van der Waals surface area contributed by atoms with Gasteiger partial charge in [-0.2, -0.15) is 13.2 Å². The van der Waals surface area contributed by atoms with Crippen LogP contribution in [0.3, 0.4) is 0 Å². The van der Waals surface area contributed by atoms with Crippen molar-refractivity contribution in [3.8, 4) is 5.75 Å². The molecule has 4 nitrogen and oxygen atoms in total. The van der Waals surface area contributed by atoms with Crippen molar-refractivity contribution in [3.63, 3.8) is 0 Å². The Bertz CT molecular complexity index is 791. The first-order valence-corrected chi connectivity index (χ1v) is 9.01. The lowest BCUT2D eigenvalue weighted by Gasteiger charge is -2.22. The van der Waals surface area contributed by atoms with Crippen LogP contribution in [-0.4, -0.2) is 30.5 Å². The second-order valence-electron chi connectivity index (χ2n) is 6.84. The van der Waals surface area contributed by atoms with Gasteiger partial charge in [-0.05, 0) is 44.2 Å². The van der Waals surface area contributed by atoms with E-state index in [0.717, 1.165) is 23.7 Å². The maximum Gasteiger partial charge on any atom is 0.419 e. The fraction of sp³-hybridized carbons (Fsp3) is 0.381. The van der Waals surface area contributed by atoms with Crippen LogP contribution in [-0.2, 0) is 24.1 Å². The minimum Gasteiger partial charge on any atom is -0.483 e. The fourth-order valence-electron chi connectivity index (χ4n) is 2.55. The lowest BCUT2D eigenvalue weighted by molar-refractivity contribution is -0.139. The Morgan fingerprint density at radius 1 is 1.07 bits per heavy atom. The normalized spacial score (nSPS) is 11.7. The zero-order valence-electron chi connectivity index (χ0n) is 16.2. The van der Waals surface area contributed by atoms with E-state index in [2.05, 4.69) is 24.1 Å². The summed E-state index contributed by atoms with van der Waals surface area (Å²) in [6, 6.07) is 13.0. The number of benzene rings is 2. The van der Waals surface area contributed by atoms with E-state index in [0.29, 0.717) is 6.04 Å². The minimum atomic E-state index is -4.53. The number of nitrogens with one attached hydrogen (secondary N) is 1. The van der Waals surface area contributed by atoms with Crippen LogP contribution in [0.4, 0.5) is 13.2 Å². The third kappa shape index (κ3) is 6.27. The van der Waals surface area contributed by atoms with Crippen molar-refractivity contribution in [2.75, 3.05) is 13.7 Å². The highest BCUT2D eigenvalue weighted by molar-refractivity contribution is 5.77. The number of hydrogen-bond donors (Lipinski definition) is 1. The molecule has 0 aliphatic carbocycles. The van der Waals surface area contributed by atoms with E-state index in [1.807, 2.05) is 31.3 Å². The molecule has 0 saturated carbocycles.